The minimum absolute atomic E-state index is 0.191. The minimum Gasteiger partial charge on any atom is -0.507 e. The molecule has 124 valence electrons. The van der Waals surface area contributed by atoms with E-state index in [-0.39, 0.29) is 5.75 Å². The molecule has 24 heavy (non-hydrogen) atoms. The number of phenolic OH excluding ortho intramolecular Hbond substituents is 1. The second-order valence-electron chi connectivity index (χ2n) is 6.20. The van der Waals surface area contributed by atoms with E-state index in [4.69, 9.17) is 0 Å². The number of phenols is 1. The fraction of sp³-hybridized carbons (Fsp3) is 0.353. The van der Waals surface area contributed by atoms with Gasteiger partial charge in [-0.3, -0.25) is 4.40 Å². The van der Waals surface area contributed by atoms with Crippen molar-refractivity contribution in [3.05, 3.63) is 36.2 Å². The Kier molecular flexibility index (Phi) is 3.78. The Balaban J connectivity index is 1.74. The monoisotopic (exact) mass is 324 g/mol. The molecule has 3 aromatic rings. The van der Waals surface area contributed by atoms with Crippen LogP contribution in [0.15, 0.2) is 30.6 Å². The molecule has 0 saturated carbocycles. The van der Waals surface area contributed by atoms with Gasteiger partial charge in [-0.25, -0.2) is 4.98 Å². The fourth-order valence-corrected chi connectivity index (χ4v) is 3.12. The number of aryl methyl sites for hydroxylation is 1. The summed E-state index contributed by atoms with van der Waals surface area (Å²) in [6.07, 6.45) is 5.80. The lowest BCUT2D eigenvalue weighted by molar-refractivity contribution is 0.476. The molecule has 1 aliphatic rings. The van der Waals surface area contributed by atoms with Crippen molar-refractivity contribution in [2.75, 3.05) is 18.4 Å². The SMILES string of the molecule is Cc1ccc(-c2nnc(N[C@@H]3CCCNC3)c3nccn23)c(O)c1. The molecule has 1 fully saturated rings. The van der Waals surface area contributed by atoms with Crippen LogP contribution in [-0.4, -0.2) is 43.8 Å². The highest BCUT2D eigenvalue weighted by molar-refractivity contribution is 5.71. The van der Waals surface area contributed by atoms with Gasteiger partial charge in [0.15, 0.2) is 17.3 Å². The van der Waals surface area contributed by atoms with Gasteiger partial charge in [-0.05, 0) is 44.0 Å². The predicted octanol–water partition coefficient (Wildman–Crippen LogP) is 1.97. The topological polar surface area (TPSA) is 87.4 Å². The van der Waals surface area contributed by atoms with E-state index < -0.39 is 0 Å². The third kappa shape index (κ3) is 2.67. The lowest BCUT2D eigenvalue weighted by Gasteiger charge is -2.24. The highest BCUT2D eigenvalue weighted by Gasteiger charge is 2.18. The normalized spacial score (nSPS) is 18.0. The summed E-state index contributed by atoms with van der Waals surface area (Å²) in [7, 11) is 0. The number of aromatic nitrogens is 4. The highest BCUT2D eigenvalue weighted by atomic mass is 16.3. The Bertz CT molecular complexity index is 869. The first-order valence-corrected chi connectivity index (χ1v) is 8.19. The number of hydrogen-bond donors (Lipinski definition) is 3. The van der Waals surface area contributed by atoms with Crippen LogP contribution >= 0.6 is 0 Å². The van der Waals surface area contributed by atoms with Crippen molar-refractivity contribution >= 4 is 11.5 Å². The summed E-state index contributed by atoms with van der Waals surface area (Å²) >= 11 is 0. The van der Waals surface area contributed by atoms with Crippen molar-refractivity contribution in [2.45, 2.75) is 25.8 Å². The van der Waals surface area contributed by atoms with Gasteiger partial charge in [0.05, 0.1) is 5.56 Å². The molecule has 3 heterocycles. The lowest BCUT2D eigenvalue weighted by atomic mass is 10.1. The average Bonchev–Trinajstić information content (AvgIpc) is 3.07. The molecular formula is C17H20N6O. The lowest BCUT2D eigenvalue weighted by Crippen LogP contribution is -2.38. The zero-order valence-electron chi connectivity index (χ0n) is 13.5. The van der Waals surface area contributed by atoms with Crippen LogP contribution in [0.1, 0.15) is 18.4 Å². The van der Waals surface area contributed by atoms with Crippen LogP contribution in [0, 0.1) is 6.92 Å². The number of rotatable bonds is 3. The van der Waals surface area contributed by atoms with Crippen molar-refractivity contribution in [1.82, 2.24) is 24.9 Å². The molecule has 7 nitrogen and oxygen atoms in total. The number of fused-ring (bicyclic) bond motifs is 1. The van der Waals surface area contributed by atoms with Gasteiger partial charge in [0, 0.05) is 25.0 Å². The molecule has 1 saturated heterocycles. The summed E-state index contributed by atoms with van der Waals surface area (Å²) in [4.78, 5) is 4.41. The standard InChI is InChI=1S/C17H20N6O/c1-11-4-5-13(14(24)9-11)16-22-21-15(17-19-7-8-23(16)17)20-12-3-2-6-18-10-12/h4-5,7-9,12,18,24H,2-3,6,10H2,1H3,(H,20,21)/t12-/m1/s1. The third-order valence-corrected chi connectivity index (χ3v) is 4.36. The van der Waals surface area contributed by atoms with Gasteiger partial charge in [0.2, 0.25) is 0 Å². The predicted molar refractivity (Wildman–Crippen MR) is 92.1 cm³/mol. The van der Waals surface area contributed by atoms with Crippen molar-refractivity contribution < 1.29 is 5.11 Å². The van der Waals surface area contributed by atoms with E-state index in [1.165, 1.54) is 0 Å². The number of anilines is 1. The first-order chi connectivity index (χ1) is 11.7. The van der Waals surface area contributed by atoms with E-state index in [0.29, 0.717) is 28.9 Å². The van der Waals surface area contributed by atoms with Gasteiger partial charge in [-0.15, -0.1) is 10.2 Å². The number of benzene rings is 1. The largest absolute Gasteiger partial charge is 0.507 e. The summed E-state index contributed by atoms with van der Waals surface area (Å²) in [5, 5.41) is 25.7. The van der Waals surface area contributed by atoms with Gasteiger partial charge >= 0.3 is 0 Å². The van der Waals surface area contributed by atoms with E-state index in [1.54, 1.807) is 12.3 Å². The summed E-state index contributed by atoms with van der Waals surface area (Å²) < 4.78 is 1.86. The van der Waals surface area contributed by atoms with Gasteiger partial charge in [0.1, 0.15) is 5.75 Å². The maximum absolute atomic E-state index is 10.2. The molecule has 4 rings (SSSR count). The summed E-state index contributed by atoms with van der Waals surface area (Å²) in [6, 6.07) is 5.85. The third-order valence-electron chi connectivity index (χ3n) is 4.36. The Labute approximate surface area is 139 Å². The maximum atomic E-state index is 10.2. The second-order valence-corrected chi connectivity index (χ2v) is 6.20. The van der Waals surface area contributed by atoms with Gasteiger partial charge < -0.3 is 15.7 Å². The van der Waals surface area contributed by atoms with Gasteiger partial charge in [0.25, 0.3) is 0 Å². The molecule has 0 aliphatic carbocycles. The van der Waals surface area contributed by atoms with E-state index in [1.807, 2.05) is 29.7 Å². The van der Waals surface area contributed by atoms with Crippen LogP contribution in [0.3, 0.4) is 0 Å². The fourth-order valence-electron chi connectivity index (χ4n) is 3.12. The first-order valence-electron chi connectivity index (χ1n) is 8.19. The van der Waals surface area contributed by atoms with Crippen molar-refractivity contribution in [1.29, 1.82) is 0 Å². The van der Waals surface area contributed by atoms with E-state index in [9.17, 15) is 5.11 Å². The number of aromatic hydroxyl groups is 1. The quantitative estimate of drug-likeness (QED) is 0.683. The molecule has 1 aromatic carbocycles. The number of piperidine rings is 1. The Morgan fingerprint density at radius 2 is 2.25 bits per heavy atom. The number of nitrogens with one attached hydrogen (secondary N) is 2. The minimum atomic E-state index is 0.191. The highest BCUT2D eigenvalue weighted by Crippen LogP contribution is 2.29. The first kappa shape index (κ1) is 14.9. The van der Waals surface area contributed by atoms with Crippen LogP contribution in [0.4, 0.5) is 5.82 Å². The molecule has 0 radical (unpaired) electrons. The summed E-state index contributed by atoms with van der Waals surface area (Å²) in [6.45, 7) is 3.91. The molecule has 7 heteroatoms. The van der Waals surface area contributed by atoms with Crippen LogP contribution in [0.25, 0.3) is 17.0 Å². The van der Waals surface area contributed by atoms with Crippen LogP contribution in [0.2, 0.25) is 0 Å². The number of imidazole rings is 1. The zero-order valence-corrected chi connectivity index (χ0v) is 13.5. The zero-order chi connectivity index (χ0) is 16.5. The molecule has 1 atom stereocenters. The summed E-state index contributed by atoms with van der Waals surface area (Å²) in [5.41, 5.74) is 2.35. The van der Waals surface area contributed by atoms with Gasteiger partial charge in [-0.2, -0.15) is 0 Å². The molecule has 2 aromatic heterocycles. The van der Waals surface area contributed by atoms with Gasteiger partial charge in [-0.1, -0.05) is 6.07 Å². The van der Waals surface area contributed by atoms with E-state index >= 15 is 0 Å². The van der Waals surface area contributed by atoms with E-state index in [2.05, 4.69) is 25.8 Å². The molecule has 0 bridgehead atoms. The Morgan fingerprint density at radius 3 is 3.04 bits per heavy atom. The summed E-state index contributed by atoms with van der Waals surface area (Å²) in [5.74, 6) is 1.44. The Hall–Kier alpha value is -2.67. The van der Waals surface area contributed by atoms with Crippen LogP contribution in [0.5, 0.6) is 5.75 Å². The molecule has 1 aliphatic heterocycles. The van der Waals surface area contributed by atoms with Crippen molar-refractivity contribution in [2.24, 2.45) is 0 Å². The number of nitrogens with zero attached hydrogens (tertiary/aromatic N) is 4. The number of hydrogen-bond acceptors (Lipinski definition) is 6. The molecule has 0 spiro atoms. The van der Waals surface area contributed by atoms with E-state index in [0.717, 1.165) is 31.5 Å². The molecule has 0 unspecified atom stereocenters. The Morgan fingerprint density at radius 1 is 1.33 bits per heavy atom. The van der Waals surface area contributed by atoms with Crippen LogP contribution < -0.4 is 10.6 Å². The van der Waals surface area contributed by atoms with Crippen LogP contribution in [-0.2, 0) is 0 Å². The van der Waals surface area contributed by atoms with Crippen molar-refractivity contribution in [3.8, 4) is 17.1 Å². The smallest absolute Gasteiger partial charge is 0.192 e. The molecule has 3 N–H and O–H groups in total. The van der Waals surface area contributed by atoms with Crippen molar-refractivity contribution in [3.63, 3.8) is 0 Å². The second kappa shape index (κ2) is 6.09. The average molecular weight is 324 g/mol. The molecular weight excluding hydrogens is 304 g/mol. The molecule has 0 amide bonds. The maximum Gasteiger partial charge on any atom is 0.192 e.